The van der Waals surface area contributed by atoms with Crippen LogP contribution in [-0.4, -0.2) is 0 Å². The number of nitrogens with zero attached hydrogens (tertiary/aromatic N) is 2. The number of aryl methyl sites for hydroxylation is 2. The molecule has 0 heterocycles. The highest BCUT2D eigenvalue weighted by Crippen LogP contribution is 2.47. The molecule has 6 aromatic carbocycles. The minimum absolute atomic E-state index is 0.00423. The Morgan fingerprint density at radius 2 is 0.727 bits per heavy atom. The molecule has 346 valence electrons. The molecule has 2 aliphatic rings. The van der Waals surface area contributed by atoms with Gasteiger partial charge in [0, 0.05) is 39.5 Å². The summed E-state index contributed by atoms with van der Waals surface area (Å²) in [6.45, 7) is 4.59. The maximum Gasteiger partial charge on any atom is 0.0461 e. The third-order valence-electron chi connectivity index (χ3n) is 15.3. The number of anilines is 6. The first-order chi connectivity index (χ1) is 32.6. The van der Waals surface area contributed by atoms with E-state index in [2.05, 4.69) is 175 Å². The summed E-state index contributed by atoms with van der Waals surface area (Å²) in [7, 11) is 0. The second kappa shape index (κ2) is 24.6. The van der Waals surface area contributed by atoms with Crippen LogP contribution in [0.25, 0.3) is 0 Å². The molecule has 2 nitrogen and oxygen atoms in total. The summed E-state index contributed by atoms with van der Waals surface area (Å²) in [4.78, 5) is 4.92. The van der Waals surface area contributed by atoms with Crippen molar-refractivity contribution in [2.75, 3.05) is 9.80 Å². The monoisotopic (exact) mass is 877 g/mol. The van der Waals surface area contributed by atoms with Crippen molar-refractivity contribution in [3.05, 3.63) is 179 Å². The third-order valence-corrected chi connectivity index (χ3v) is 15.3. The summed E-state index contributed by atoms with van der Waals surface area (Å²) in [6, 6.07) is 58.8. The molecule has 2 fully saturated rings. The van der Waals surface area contributed by atoms with Crippen LogP contribution in [-0.2, 0) is 18.3 Å². The van der Waals surface area contributed by atoms with Gasteiger partial charge >= 0.3 is 0 Å². The van der Waals surface area contributed by atoms with E-state index in [4.69, 9.17) is 0 Å². The molecule has 66 heavy (non-hydrogen) atoms. The van der Waals surface area contributed by atoms with Crippen LogP contribution in [0.3, 0.4) is 0 Å². The second-order valence-electron chi connectivity index (χ2n) is 20.0. The molecule has 2 heteroatoms. The highest BCUT2D eigenvalue weighted by Gasteiger charge is 2.36. The Kier molecular flexibility index (Phi) is 17.7. The molecular weight excluding hydrogens is 797 g/mol. The van der Waals surface area contributed by atoms with Crippen molar-refractivity contribution >= 4 is 34.1 Å². The minimum Gasteiger partial charge on any atom is -0.311 e. The summed E-state index contributed by atoms with van der Waals surface area (Å²) in [5.41, 5.74) is 14.6. The van der Waals surface area contributed by atoms with Crippen LogP contribution in [0, 0.1) is 0 Å². The van der Waals surface area contributed by atoms with Gasteiger partial charge in [-0.25, -0.2) is 0 Å². The lowest BCUT2D eigenvalue weighted by molar-refractivity contribution is 0.346. The smallest absolute Gasteiger partial charge is 0.0461 e. The number of benzene rings is 6. The zero-order chi connectivity index (χ0) is 45.2. The first kappa shape index (κ1) is 47.4. The molecule has 0 N–H and O–H groups in total. The normalized spacial score (nSPS) is 15.1. The van der Waals surface area contributed by atoms with Crippen molar-refractivity contribution in [2.45, 2.75) is 179 Å². The first-order valence-corrected chi connectivity index (χ1v) is 26.8. The lowest BCUT2D eigenvalue weighted by Crippen LogP contribution is -2.30. The van der Waals surface area contributed by atoms with Gasteiger partial charge in [0.2, 0.25) is 0 Å². The number of hydrogen-bond donors (Lipinski definition) is 0. The number of unbranched alkanes of at least 4 members (excludes halogenated alkanes) is 10. The molecule has 0 aliphatic heterocycles. The Morgan fingerprint density at radius 1 is 0.364 bits per heavy atom. The number of rotatable bonds is 23. The van der Waals surface area contributed by atoms with E-state index in [1.165, 1.54) is 203 Å². The Bertz CT molecular complexity index is 2260. The Hall–Kier alpha value is -5.08. The van der Waals surface area contributed by atoms with Crippen LogP contribution >= 0.6 is 0 Å². The fourth-order valence-corrected chi connectivity index (χ4v) is 11.4. The fraction of sp³-hybridized carbons (Fsp3) is 0.438. The average molecular weight is 877 g/mol. The maximum atomic E-state index is 2.49. The number of para-hydroxylation sites is 1. The van der Waals surface area contributed by atoms with Crippen LogP contribution in [0.15, 0.2) is 152 Å². The average Bonchev–Trinajstić information content (AvgIpc) is 3.38. The van der Waals surface area contributed by atoms with E-state index in [1.54, 1.807) is 0 Å². The van der Waals surface area contributed by atoms with Crippen molar-refractivity contribution in [3.63, 3.8) is 0 Å². The topological polar surface area (TPSA) is 6.48 Å². The van der Waals surface area contributed by atoms with Gasteiger partial charge in [-0.1, -0.05) is 195 Å². The van der Waals surface area contributed by atoms with Gasteiger partial charge in [0.15, 0.2) is 0 Å². The van der Waals surface area contributed by atoms with Gasteiger partial charge in [0.1, 0.15) is 0 Å². The summed E-state index contributed by atoms with van der Waals surface area (Å²) >= 11 is 0. The molecule has 2 aliphatic carbocycles. The van der Waals surface area contributed by atoms with Gasteiger partial charge in [-0.2, -0.15) is 0 Å². The van der Waals surface area contributed by atoms with Crippen LogP contribution in [0.2, 0.25) is 0 Å². The standard InChI is InChI=1S/C64H80N2/c1-3-5-7-9-11-16-24-52-30-40-59(41-31-52)65(58-28-20-14-21-29-58)62-46-36-56(37-47-62)64(50-22-15-23-51-64)57-38-48-63(49-39-57)66(61-44-34-55(35-45-61)54-26-18-13-19-27-54)60-42-32-53(33-43-60)25-17-12-10-8-6-4-2/h14,20-21,28-49,54H,3-13,15-19,22-27,50-51H2,1-2H3. The lowest BCUT2D eigenvalue weighted by Gasteiger charge is -2.39. The van der Waals surface area contributed by atoms with Crippen molar-refractivity contribution < 1.29 is 0 Å². The Balaban J connectivity index is 1.04. The highest BCUT2D eigenvalue weighted by atomic mass is 15.1. The zero-order valence-electron chi connectivity index (χ0n) is 40.9. The molecule has 0 spiro atoms. The zero-order valence-corrected chi connectivity index (χ0v) is 40.9. The molecule has 0 bridgehead atoms. The van der Waals surface area contributed by atoms with E-state index in [0.29, 0.717) is 5.92 Å². The van der Waals surface area contributed by atoms with E-state index in [9.17, 15) is 0 Å². The van der Waals surface area contributed by atoms with E-state index < -0.39 is 0 Å². The molecule has 6 aromatic rings. The lowest BCUT2D eigenvalue weighted by atomic mass is 9.65. The molecule has 0 saturated heterocycles. The van der Waals surface area contributed by atoms with E-state index in [0.717, 1.165) is 12.8 Å². The minimum atomic E-state index is -0.00423. The Morgan fingerprint density at radius 3 is 1.17 bits per heavy atom. The van der Waals surface area contributed by atoms with E-state index >= 15 is 0 Å². The third kappa shape index (κ3) is 12.3. The fourth-order valence-electron chi connectivity index (χ4n) is 11.4. The van der Waals surface area contributed by atoms with Crippen molar-refractivity contribution in [2.24, 2.45) is 0 Å². The molecule has 0 unspecified atom stereocenters. The number of hydrogen-bond acceptors (Lipinski definition) is 2. The van der Waals surface area contributed by atoms with Gasteiger partial charge in [0.05, 0.1) is 0 Å². The maximum absolute atomic E-state index is 2.49. The van der Waals surface area contributed by atoms with Gasteiger partial charge in [-0.3, -0.25) is 0 Å². The SMILES string of the molecule is CCCCCCCCc1ccc(N(c2ccccc2)c2ccc(C3(c4ccc(N(c5ccc(CCCCCCCC)cc5)c5ccc(C6CCCCC6)cc5)cc4)CCCCC3)cc2)cc1. The van der Waals surface area contributed by atoms with Gasteiger partial charge in [-0.05, 0) is 158 Å². The van der Waals surface area contributed by atoms with Crippen molar-refractivity contribution in [1.82, 2.24) is 0 Å². The van der Waals surface area contributed by atoms with Gasteiger partial charge in [0.25, 0.3) is 0 Å². The summed E-state index contributed by atoms with van der Waals surface area (Å²) < 4.78 is 0. The molecule has 0 atom stereocenters. The largest absolute Gasteiger partial charge is 0.311 e. The Labute approximate surface area is 400 Å². The predicted molar refractivity (Wildman–Crippen MR) is 286 cm³/mol. The predicted octanol–water partition coefficient (Wildman–Crippen LogP) is 19.7. The van der Waals surface area contributed by atoms with Crippen LogP contribution < -0.4 is 9.80 Å². The molecule has 0 radical (unpaired) electrons. The highest BCUT2D eigenvalue weighted by molar-refractivity contribution is 5.78. The van der Waals surface area contributed by atoms with Crippen molar-refractivity contribution in [3.8, 4) is 0 Å². The van der Waals surface area contributed by atoms with E-state index in [-0.39, 0.29) is 5.41 Å². The van der Waals surface area contributed by atoms with E-state index in [1.807, 2.05) is 0 Å². The quantitative estimate of drug-likeness (QED) is 0.0592. The molecule has 8 rings (SSSR count). The van der Waals surface area contributed by atoms with Crippen LogP contribution in [0.4, 0.5) is 34.1 Å². The first-order valence-electron chi connectivity index (χ1n) is 26.8. The van der Waals surface area contributed by atoms with Crippen molar-refractivity contribution in [1.29, 1.82) is 0 Å². The molecule has 0 aromatic heterocycles. The van der Waals surface area contributed by atoms with Gasteiger partial charge in [-0.15, -0.1) is 0 Å². The molecular formula is C64H80N2. The van der Waals surface area contributed by atoms with Gasteiger partial charge < -0.3 is 9.80 Å². The molecule has 2 saturated carbocycles. The summed E-state index contributed by atoms with van der Waals surface area (Å²) in [6.07, 6.45) is 31.3. The second-order valence-corrected chi connectivity index (χ2v) is 20.0. The molecule has 0 amide bonds. The van der Waals surface area contributed by atoms with Crippen LogP contribution in [0.5, 0.6) is 0 Å². The summed E-state index contributed by atoms with van der Waals surface area (Å²) in [5.74, 6) is 0.704. The summed E-state index contributed by atoms with van der Waals surface area (Å²) in [5, 5.41) is 0. The van der Waals surface area contributed by atoms with Crippen LogP contribution in [0.1, 0.15) is 189 Å².